The molecule has 182 valence electrons. The van der Waals surface area contributed by atoms with Crippen molar-refractivity contribution in [1.29, 1.82) is 5.26 Å². The van der Waals surface area contributed by atoms with Gasteiger partial charge in [-0.2, -0.15) is 45.5 Å². The van der Waals surface area contributed by atoms with E-state index in [1.807, 2.05) is 0 Å². The van der Waals surface area contributed by atoms with Gasteiger partial charge in [0, 0.05) is 11.1 Å². The van der Waals surface area contributed by atoms with Crippen LogP contribution in [0.5, 0.6) is 0 Å². The molecule has 14 heteroatoms. The summed E-state index contributed by atoms with van der Waals surface area (Å²) in [5, 5.41) is 12.7. The Morgan fingerprint density at radius 2 is 1.63 bits per heavy atom. The topological polar surface area (TPSA) is 93.9 Å². The molecule has 3 rings (SSSR count). The molecule has 0 unspecified atom stereocenters. The number of hydrazone groups is 1. The van der Waals surface area contributed by atoms with Gasteiger partial charge in [-0.3, -0.25) is 9.78 Å². The maximum atomic E-state index is 13.8. The molecule has 3 aromatic rings. The van der Waals surface area contributed by atoms with Crippen molar-refractivity contribution in [3.63, 3.8) is 0 Å². The molecule has 2 aromatic carbocycles. The fourth-order valence-electron chi connectivity index (χ4n) is 2.90. The van der Waals surface area contributed by atoms with Crippen LogP contribution in [0.4, 0.5) is 41.1 Å². The Kier molecular flexibility index (Phi) is 6.64. The van der Waals surface area contributed by atoms with Crippen molar-refractivity contribution < 1.29 is 35.1 Å². The number of aromatic amines is 1. The minimum absolute atomic E-state index is 0.00579. The summed E-state index contributed by atoms with van der Waals surface area (Å²) in [7, 11) is 0. The molecule has 0 saturated carbocycles. The van der Waals surface area contributed by atoms with E-state index in [-0.39, 0.29) is 29.3 Å². The fourth-order valence-corrected chi connectivity index (χ4v) is 2.90. The van der Waals surface area contributed by atoms with Crippen molar-refractivity contribution in [2.24, 2.45) is 5.10 Å². The van der Waals surface area contributed by atoms with Crippen LogP contribution in [-0.4, -0.2) is 22.4 Å². The van der Waals surface area contributed by atoms with E-state index in [0.717, 1.165) is 0 Å². The first-order chi connectivity index (χ1) is 16.3. The second-order valence-corrected chi connectivity index (χ2v) is 6.86. The predicted octanol–water partition coefficient (Wildman–Crippen LogP) is 5.43. The highest BCUT2D eigenvalue weighted by Gasteiger charge is 2.61. The van der Waals surface area contributed by atoms with Crippen molar-refractivity contribution in [2.75, 3.05) is 5.43 Å². The molecule has 0 saturated heterocycles. The molecule has 0 fully saturated rings. The van der Waals surface area contributed by atoms with Gasteiger partial charge in [-0.15, -0.1) is 0 Å². The molecule has 0 spiro atoms. The molecule has 1 aromatic heterocycles. The van der Waals surface area contributed by atoms with Gasteiger partial charge in [0.2, 0.25) is 5.95 Å². The number of anilines is 1. The van der Waals surface area contributed by atoms with Gasteiger partial charge >= 0.3 is 18.3 Å². The van der Waals surface area contributed by atoms with E-state index >= 15 is 0 Å². The molecule has 0 aliphatic rings. The van der Waals surface area contributed by atoms with Crippen LogP contribution < -0.4 is 11.0 Å². The zero-order chi connectivity index (χ0) is 26.0. The minimum Gasteiger partial charge on any atom is -0.290 e. The summed E-state index contributed by atoms with van der Waals surface area (Å²) >= 11 is 0. The Balaban J connectivity index is 1.97. The molecule has 35 heavy (non-hydrogen) atoms. The molecular formula is C21H11F8N5O. The van der Waals surface area contributed by atoms with Gasteiger partial charge in [-0.1, -0.05) is 36.4 Å². The van der Waals surface area contributed by atoms with Crippen LogP contribution in [0.25, 0.3) is 11.3 Å². The van der Waals surface area contributed by atoms with E-state index in [1.54, 1.807) is 36.4 Å². The Morgan fingerprint density at radius 1 is 0.971 bits per heavy atom. The molecule has 0 aliphatic carbocycles. The number of H-pyrrole nitrogens is 1. The first-order valence-electron chi connectivity index (χ1n) is 9.31. The number of nitrogens with one attached hydrogen (secondary N) is 2. The van der Waals surface area contributed by atoms with E-state index in [0.29, 0.717) is 17.8 Å². The summed E-state index contributed by atoms with van der Waals surface area (Å²) in [5.74, 6) is -6.13. The Bertz CT molecular complexity index is 1360. The second-order valence-electron chi connectivity index (χ2n) is 6.86. The van der Waals surface area contributed by atoms with E-state index in [4.69, 9.17) is 0 Å². The minimum atomic E-state index is -6.28. The number of halogens is 8. The van der Waals surface area contributed by atoms with Gasteiger partial charge in [0.1, 0.15) is 11.6 Å². The van der Waals surface area contributed by atoms with E-state index in [2.05, 4.69) is 20.5 Å². The van der Waals surface area contributed by atoms with Crippen LogP contribution in [0.15, 0.2) is 58.4 Å². The van der Waals surface area contributed by atoms with E-state index < -0.39 is 40.5 Å². The average Bonchev–Trinajstić information content (AvgIpc) is 2.78. The monoisotopic (exact) mass is 501 g/mol. The van der Waals surface area contributed by atoms with Crippen molar-refractivity contribution >= 4 is 12.2 Å². The van der Waals surface area contributed by atoms with E-state index in [1.165, 1.54) is 0 Å². The van der Waals surface area contributed by atoms with Gasteiger partial charge in [0.05, 0.1) is 17.5 Å². The summed E-state index contributed by atoms with van der Waals surface area (Å²) in [6, 6.07) is 10.4. The van der Waals surface area contributed by atoms with Crippen LogP contribution in [0.3, 0.4) is 0 Å². The van der Waals surface area contributed by atoms with Crippen LogP contribution in [0, 0.1) is 11.3 Å². The molecule has 6 nitrogen and oxygen atoms in total. The lowest BCUT2D eigenvalue weighted by atomic mass is 9.98. The molecule has 2 N–H and O–H groups in total. The lowest BCUT2D eigenvalue weighted by Gasteiger charge is -2.23. The SMILES string of the molecule is N#Cc1c(-c2ccccc2)nc(NN=Cc2ccc(C(F)(F)F)c(C(F)(F)C(F)(F)F)c2)[nH]c1=O. The molecule has 0 bridgehead atoms. The standard InChI is InChI=1S/C21H11F8N5O/c22-19(23,21(27,28)29)15-8-11(6-7-14(15)20(24,25)26)10-31-34-18-32-16(12-4-2-1-3-5-12)13(9-30)17(35)33-18/h1-8,10H,(H2,32,33,34,35). The summed E-state index contributed by atoms with van der Waals surface area (Å²) < 4.78 is 105. The first-order valence-corrected chi connectivity index (χ1v) is 9.31. The van der Waals surface area contributed by atoms with Crippen molar-refractivity contribution in [2.45, 2.75) is 18.3 Å². The summed E-state index contributed by atoms with van der Waals surface area (Å²) in [4.78, 5) is 18.4. The highest BCUT2D eigenvalue weighted by atomic mass is 19.4. The predicted molar refractivity (Wildman–Crippen MR) is 108 cm³/mol. The lowest BCUT2D eigenvalue weighted by molar-refractivity contribution is -0.291. The number of aromatic nitrogens is 2. The molecule has 1 heterocycles. The van der Waals surface area contributed by atoms with Gasteiger partial charge in [-0.25, -0.2) is 10.4 Å². The maximum Gasteiger partial charge on any atom is 0.458 e. The van der Waals surface area contributed by atoms with Crippen molar-refractivity contribution in [1.82, 2.24) is 9.97 Å². The summed E-state index contributed by atoms with van der Waals surface area (Å²) in [6.45, 7) is 0. The molecule has 0 aliphatic heterocycles. The Hall–Kier alpha value is -4.28. The third kappa shape index (κ3) is 5.29. The highest BCUT2D eigenvalue weighted by molar-refractivity contribution is 5.81. The van der Waals surface area contributed by atoms with Gasteiger partial charge < -0.3 is 0 Å². The quantitative estimate of drug-likeness (QED) is 0.277. The normalized spacial score (nSPS) is 12.5. The number of benzene rings is 2. The van der Waals surface area contributed by atoms with Crippen LogP contribution in [0.2, 0.25) is 0 Å². The highest BCUT2D eigenvalue weighted by Crippen LogP contribution is 2.48. The largest absolute Gasteiger partial charge is 0.458 e. The molecule has 0 radical (unpaired) electrons. The third-order valence-electron chi connectivity index (χ3n) is 4.51. The molecule has 0 amide bonds. The van der Waals surface area contributed by atoms with Crippen LogP contribution >= 0.6 is 0 Å². The summed E-state index contributed by atoms with van der Waals surface area (Å²) in [5.41, 5.74) is -3.62. The Labute approximate surface area is 190 Å². The third-order valence-corrected chi connectivity index (χ3v) is 4.51. The number of hydrogen-bond donors (Lipinski definition) is 2. The average molecular weight is 501 g/mol. The lowest BCUT2D eigenvalue weighted by Crippen LogP contribution is -2.35. The number of nitrogens with zero attached hydrogens (tertiary/aromatic N) is 3. The smallest absolute Gasteiger partial charge is 0.290 e. The Morgan fingerprint density at radius 3 is 2.20 bits per heavy atom. The maximum absolute atomic E-state index is 13.8. The van der Waals surface area contributed by atoms with Crippen LogP contribution in [0.1, 0.15) is 22.3 Å². The van der Waals surface area contributed by atoms with Crippen molar-refractivity contribution in [3.8, 4) is 17.3 Å². The van der Waals surface area contributed by atoms with Crippen molar-refractivity contribution in [3.05, 3.63) is 81.1 Å². The molecular weight excluding hydrogens is 490 g/mol. The number of alkyl halides is 8. The van der Waals surface area contributed by atoms with Gasteiger partial charge in [0.25, 0.3) is 5.56 Å². The summed E-state index contributed by atoms with van der Waals surface area (Å²) in [6.07, 6.45) is -11.1. The zero-order valence-corrected chi connectivity index (χ0v) is 17.0. The first kappa shape index (κ1) is 25.3. The zero-order valence-electron chi connectivity index (χ0n) is 17.0. The number of rotatable bonds is 5. The molecule has 0 atom stereocenters. The van der Waals surface area contributed by atoms with Crippen LogP contribution in [-0.2, 0) is 12.1 Å². The second kappa shape index (κ2) is 9.16. The number of hydrogen-bond acceptors (Lipinski definition) is 5. The number of nitriles is 1. The fraction of sp³-hybridized carbons (Fsp3) is 0.143. The van der Waals surface area contributed by atoms with Gasteiger partial charge in [-0.05, 0) is 17.7 Å². The van der Waals surface area contributed by atoms with Gasteiger partial charge in [0.15, 0.2) is 0 Å². The van der Waals surface area contributed by atoms with E-state index in [9.17, 15) is 45.2 Å².